The molecule has 0 N–H and O–H groups in total. The van der Waals surface area contributed by atoms with E-state index in [1.807, 2.05) is 21.1 Å². The quantitative estimate of drug-likeness (QED) is 0.0195. The molecule has 0 aromatic rings. The smallest absolute Gasteiger partial charge is 0.306 e. The van der Waals surface area contributed by atoms with Gasteiger partial charge in [-0.15, -0.1) is 0 Å². The second-order valence-electron chi connectivity index (χ2n) is 23.8. The molecule has 458 valence electrons. The highest BCUT2D eigenvalue weighted by molar-refractivity contribution is 7.45. The predicted octanol–water partition coefficient (Wildman–Crippen LogP) is 20.6. The number of quaternary nitrogens is 1. The van der Waals surface area contributed by atoms with Crippen molar-refractivity contribution in [3.05, 3.63) is 48.6 Å². The maximum atomic E-state index is 12.8. The number of phosphoric ester groups is 1. The molecular formula is C68H128NO8P. The summed E-state index contributed by atoms with van der Waals surface area (Å²) in [7, 11) is 1.17. The average molecular weight is 1120 g/mol. The van der Waals surface area contributed by atoms with Gasteiger partial charge in [0.2, 0.25) is 0 Å². The summed E-state index contributed by atoms with van der Waals surface area (Å²) in [5, 5.41) is 0. The van der Waals surface area contributed by atoms with Crippen molar-refractivity contribution in [1.29, 1.82) is 0 Å². The lowest BCUT2D eigenvalue weighted by molar-refractivity contribution is -0.870. The Hall–Kier alpha value is -2.03. The van der Waals surface area contributed by atoms with E-state index in [4.69, 9.17) is 18.5 Å². The summed E-state index contributed by atoms with van der Waals surface area (Å²) >= 11 is 0. The Bertz CT molecular complexity index is 1460. The third kappa shape index (κ3) is 63.2. The van der Waals surface area contributed by atoms with Gasteiger partial charge >= 0.3 is 11.9 Å². The fourth-order valence-corrected chi connectivity index (χ4v) is 10.4. The van der Waals surface area contributed by atoms with Crippen LogP contribution < -0.4 is 4.89 Å². The molecule has 0 aromatic carbocycles. The molecule has 10 heteroatoms. The molecule has 0 saturated carbocycles. The summed E-state index contributed by atoms with van der Waals surface area (Å²) in [5.74, 6) is -0.835. The Morgan fingerprint density at radius 3 is 1.06 bits per heavy atom. The van der Waals surface area contributed by atoms with E-state index in [0.29, 0.717) is 17.4 Å². The molecule has 0 aliphatic carbocycles. The van der Waals surface area contributed by atoms with Crippen LogP contribution in [0, 0.1) is 0 Å². The van der Waals surface area contributed by atoms with E-state index in [1.165, 1.54) is 218 Å². The second kappa shape index (κ2) is 59.6. The summed E-state index contributed by atoms with van der Waals surface area (Å²) in [6.07, 6.45) is 76.2. The van der Waals surface area contributed by atoms with Gasteiger partial charge in [-0.3, -0.25) is 14.2 Å². The van der Waals surface area contributed by atoms with Crippen LogP contribution in [0.5, 0.6) is 0 Å². The number of unbranched alkanes of at least 4 members (excludes halogenated alkanes) is 40. The Kier molecular flexibility index (Phi) is 58.0. The molecule has 0 saturated heterocycles. The van der Waals surface area contributed by atoms with Crippen LogP contribution >= 0.6 is 7.82 Å². The maximum Gasteiger partial charge on any atom is 0.306 e. The molecule has 0 bridgehead atoms. The van der Waals surface area contributed by atoms with Crippen LogP contribution in [0.15, 0.2) is 48.6 Å². The molecule has 0 fully saturated rings. The molecular weight excluding hydrogens is 990 g/mol. The van der Waals surface area contributed by atoms with Gasteiger partial charge in [-0.2, -0.15) is 0 Å². The zero-order valence-corrected chi connectivity index (χ0v) is 53.0. The summed E-state index contributed by atoms with van der Waals surface area (Å²) in [5.41, 5.74) is 0. The Labute approximate surface area is 484 Å². The van der Waals surface area contributed by atoms with E-state index in [0.717, 1.165) is 70.6 Å². The minimum absolute atomic E-state index is 0.0332. The first kappa shape index (κ1) is 76.0. The van der Waals surface area contributed by atoms with Crippen LogP contribution in [0.2, 0.25) is 0 Å². The molecule has 2 atom stereocenters. The average Bonchev–Trinajstić information content (AvgIpc) is 3.41. The lowest BCUT2D eigenvalue weighted by atomic mass is 10.0. The third-order valence-corrected chi connectivity index (χ3v) is 15.8. The number of likely N-dealkylation sites (N-methyl/N-ethyl adjacent to an activating group) is 1. The van der Waals surface area contributed by atoms with E-state index in [1.54, 1.807) is 0 Å². The van der Waals surface area contributed by atoms with Crippen molar-refractivity contribution in [2.45, 2.75) is 328 Å². The van der Waals surface area contributed by atoms with Gasteiger partial charge in [-0.25, -0.2) is 0 Å². The van der Waals surface area contributed by atoms with Crippen LogP contribution in [-0.4, -0.2) is 70.0 Å². The number of ether oxygens (including phenoxy) is 2. The van der Waals surface area contributed by atoms with Gasteiger partial charge in [-0.05, 0) is 77.0 Å². The van der Waals surface area contributed by atoms with Gasteiger partial charge < -0.3 is 27.9 Å². The van der Waals surface area contributed by atoms with E-state index in [9.17, 15) is 19.0 Å². The highest BCUT2D eigenvalue weighted by Crippen LogP contribution is 2.38. The van der Waals surface area contributed by atoms with Crippen LogP contribution in [0.4, 0.5) is 0 Å². The molecule has 0 amide bonds. The maximum absolute atomic E-state index is 12.8. The molecule has 0 aliphatic heterocycles. The van der Waals surface area contributed by atoms with Gasteiger partial charge in [0, 0.05) is 12.8 Å². The molecule has 78 heavy (non-hydrogen) atoms. The predicted molar refractivity (Wildman–Crippen MR) is 333 cm³/mol. The van der Waals surface area contributed by atoms with Crippen molar-refractivity contribution < 1.29 is 42.1 Å². The zero-order chi connectivity index (χ0) is 57.0. The molecule has 2 unspecified atom stereocenters. The minimum Gasteiger partial charge on any atom is -0.756 e. The summed E-state index contributed by atoms with van der Waals surface area (Å²) in [4.78, 5) is 37.9. The fourth-order valence-electron chi connectivity index (χ4n) is 9.66. The van der Waals surface area contributed by atoms with Gasteiger partial charge in [0.15, 0.2) is 6.10 Å². The normalized spacial score (nSPS) is 13.5. The first-order valence-electron chi connectivity index (χ1n) is 33.3. The monoisotopic (exact) mass is 1120 g/mol. The Morgan fingerprint density at radius 2 is 0.692 bits per heavy atom. The number of carbonyl (C=O) groups excluding carboxylic acids is 2. The summed E-state index contributed by atoms with van der Waals surface area (Å²) in [6.45, 7) is 4.24. The first-order valence-corrected chi connectivity index (χ1v) is 34.8. The van der Waals surface area contributed by atoms with Crippen molar-refractivity contribution in [2.24, 2.45) is 0 Å². The van der Waals surface area contributed by atoms with Crippen molar-refractivity contribution in [3.8, 4) is 0 Å². The van der Waals surface area contributed by atoms with Crippen LogP contribution in [0.3, 0.4) is 0 Å². The number of allylic oxidation sites excluding steroid dienone is 8. The fraction of sp³-hybridized carbons (Fsp3) is 0.853. The van der Waals surface area contributed by atoms with Crippen molar-refractivity contribution in [1.82, 2.24) is 0 Å². The molecule has 0 rings (SSSR count). The Balaban J connectivity index is 3.97. The van der Waals surface area contributed by atoms with Crippen LogP contribution in [0.25, 0.3) is 0 Å². The molecule has 0 heterocycles. The standard InChI is InChI=1S/C68H128NO8P/c1-6-8-10-12-14-16-18-20-22-24-26-27-28-29-30-31-32-33-34-35-36-37-38-39-40-41-43-44-46-48-50-52-54-56-58-60-67(70)74-64-66(65-76-78(72,73)75-63-62-69(3,4)5)77-68(71)61-59-57-55-53-51-49-47-45-42-25-23-21-19-17-15-13-11-9-7-2/h15,17,21,23-24,26,42,45,66H,6-14,16,18-20,22,25,27-41,43-44,46-65H2,1-5H3/b17-15-,23-21-,26-24-,45-42-. The number of carbonyl (C=O) groups is 2. The summed E-state index contributed by atoms with van der Waals surface area (Å²) < 4.78 is 34.2. The molecule has 9 nitrogen and oxygen atoms in total. The second-order valence-corrected chi connectivity index (χ2v) is 25.2. The number of nitrogens with zero attached hydrogens (tertiary/aromatic N) is 1. The van der Waals surface area contributed by atoms with Crippen LogP contribution in [-0.2, 0) is 32.7 Å². The first-order chi connectivity index (χ1) is 38.0. The summed E-state index contributed by atoms with van der Waals surface area (Å²) in [6, 6.07) is 0. The van der Waals surface area contributed by atoms with E-state index >= 15 is 0 Å². The number of hydrogen-bond acceptors (Lipinski definition) is 8. The number of rotatable bonds is 62. The molecule has 0 radical (unpaired) electrons. The lowest BCUT2D eigenvalue weighted by Gasteiger charge is -2.28. The van der Waals surface area contributed by atoms with Gasteiger partial charge in [-0.1, -0.05) is 281 Å². The number of esters is 2. The highest BCUT2D eigenvalue weighted by Gasteiger charge is 2.22. The Morgan fingerprint density at radius 1 is 0.397 bits per heavy atom. The topological polar surface area (TPSA) is 111 Å². The van der Waals surface area contributed by atoms with E-state index in [2.05, 4.69) is 62.5 Å². The number of hydrogen-bond donors (Lipinski definition) is 0. The SMILES string of the molecule is CCCCC/C=C\C/C=C\C/C=C\CCCCCCCCC(=O)OC(COC(=O)CCCCCCCCCCCCCCCCCCCCCCCCC/C=C\CCCCCCCCCC)COP(=O)([O-])OCC[N+](C)(C)C. The van der Waals surface area contributed by atoms with Crippen LogP contribution in [0.1, 0.15) is 322 Å². The van der Waals surface area contributed by atoms with Crippen molar-refractivity contribution in [3.63, 3.8) is 0 Å². The molecule has 0 aliphatic rings. The largest absolute Gasteiger partial charge is 0.756 e. The third-order valence-electron chi connectivity index (χ3n) is 14.8. The van der Waals surface area contributed by atoms with Crippen molar-refractivity contribution >= 4 is 19.8 Å². The van der Waals surface area contributed by atoms with Gasteiger partial charge in [0.25, 0.3) is 7.82 Å². The molecule has 0 aromatic heterocycles. The van der Waals surface area contributed by atoms with E-state index < -0.39 is 26.5 Å². The number of phosphoric acid groups is 1. The minimum atomic E-state index is -4.64. The van der Waals surface area contributed by atoms with Gasteiger partial charge in [0.1, 0.15) is 19.8 Å². The molecule has 0 spiro atoms. The highest BCUT2D eigenvalue weighted by atomic mass is 31.2. The zero-order valence-electron chi connectivity index (χ0n) is 52.1. The lowest BCUT2D eigenvalue weighted by Crippen LogP contribution is -2.37. The van der Waals surface area contributed by atoms with Gasteiger partial charge in [0.05, 0.1) is 27.7 Å². The van der Waals surface area contributed by atoms with Crippen molar-refractivity contribution in [2.75, 3.05) is 47.5 Å². The van der Waals surface area contributed by atoms with E-state index in [-0.39, 0.29) is 32.0 Å².